The molecule has 1 fully saturated rings. The fourth-order valence-corrected chi connectivity index (χ4v) is 2.02. The summed E-state index contributed by atoms with van der Waals surface area (Å²) in [5.41, 5.74) is 0.218. The molecule has 3 heteroatoms. The Labute approximate surface area is 106 Å². The van der Waals surface area contributed by atoms with Gasteiger partial charge in [-0.3, -0.25) is 0 Å². The first kappa shape index (κ1) is 14.9. The maximum Gasteiger partial charge on any atom is 0.0704 e. The van der Waals surface area contributed by atoms with Crippen LogP contribution >= 0.6 is 0 Å². The van der Waals surface area contributed by atoms with Crippen LogP contribution in [-0.4, -0.2) is 37.5 Å². The minimum atomic E-state index is 0.218. The van der Waals surface area contributed by atoms with Crippen LogP contribution in [0.15, 0.2) is 0 Å². The summed E-state index contributed by atoms with van der Waals surface area (Å²) in [6, 6.07) is 0.636. The van der Waals surface area contributed by atoms with Crippen LogP contribution in [0.5, 0.6) is 0 Å². The number of hydrogen-bond donors (Lipinski definition) is 1. The highest BCUT2D eigenvalue weighted by Gasteiger charge is 2.31. The molecular formula is C14H29NO2. The van der Waals surface area contributed by atoms with Crippen LogP contribution in [-0.2, 0) is 9.47 Å². The van der Waals surface area contributed by atoms with E-state index in [9.17, 15) is 0 Å². The van der Waals surface area contributed by atoms with Gasteiger partial charge in [0, 0.05) is 18.2 Å². The van der Waals surface area contributed by atoms with Crippen molar-refractivity contribution in [3.63, 3.8) is 0 Å². The predicted octanol–water partition coefficient (Wildman–Crippen LogP) is 2.59. The molecule has 0 aromatic rings. The van der Waals surface area contributed by atoms with E-state index < -0.39 is 0 Å². The highest BCUT2D eigenvalue weighted by Crippen LogP contribution is 2.25. The molecule has 0 saturated heterocycles. The van der Waals surface area contributed by atoms with Gasteiger partial charge in [0.15, 0.2) is 0 Å². The zero-order valence-electron chi connectivity index (χ0n) is 12.1. The summed E-state index contributed by atoms with van der Waals surface area (Å²) in [6.45, 7) is 13.3. The molecule has 0 heterocycles. The minimum Gasteiger partial charge on any atom is -0.379 e. The molecule has 0 atom stereocenters. The van der Waals surface area contributed by atoms with Crippen molar-refractivity contribution in [2.75, 3.05) is 19.8 Å². The van der Waals surface area contributed by atoms with Gasteiger partial charge in [-0.1, -0.05) is 13.8 Å². The molecule has 0 amide bonds. The van der Waals surface area contributed by atoms with Gasteiger partial charge in [-0.25, -0.2) is 0 Å². The third-order valence-electron chi connectivity index (χ3n) is 2.76. The summed E-state index contributed by atoms with van der Waals surface area (Å²) in [6.07, 6.45) is 2.72. The Bertz CT molecular complexity index is 205. The van der Waals surface area contributed by atoms with E-state index in [1.807, 2.05) is 0 Å². The summed E-state index contributed by atoms with van der Waals surface area (Å²) in [5, 5.41) is 3.59. The number of nitrogens with one attached hydrogen (secondary N) is 1. The third-order valence-corrected chi connectivity index (χ3v) is 2.76. The quantitative estimate of drug-likeness (QED) is 0.697. The first-order valence-corrected chi connectivity index (χ1v) is 6.84. The Balaban J connectivity index is 1.92. The van der Waals surface area contributed by atoms with E-state index in [0.717, 1.165) is 32.7 Å². The first-order valence-electron chi connectivity index (χ1n) is 6.84. The van der Waals surface area contributed by atoms with E-state index >= 15 is 0 Å². The lowest BCUT2D eigenvalue weighted by atomic mass is 9.87. The third kappa shape index (κ3) is 7.02. The largest absolute Gasteiger partial charge is 0.379 e. The summed E-state index contributed by atoms with van der Waals surface area (Å²) < 4.78 is 11.2. The smallest absolute Gasteiger partial charge is 0.0704 e. The van der Waals surface area contributed by atoms with Gasteiger partial charge < -0.3 is 14.8 Å². The van der Waals surface area contributed by atoms with Crippen molar-refractivity contribution in [2.24, 2.45) is 5.92 Å². The molecule has 0 aromatic heterocycles. The lowest BCUT2D eigenvalue weighted by molar-refractivity contribution is -0.0475. The van der Waals surface area contributed by atoms with Crippen molar-refractivity contribution >= 4 is 0 Å². The molecule has 3 nitrogen and oxygen atoms in total. The van der Waals surface area contributed by atoms with E-state index in [1.165, 1.54) is 0 Å². The van der Waals surface area contributed by atoms with Gasteiger partial charge in [0.25, 0.3) is 0 Å². The van der Waals surface area contributed by atoms with Gasteiger partial charge in [-0.05, 0) is 39.5 Å². The summed E-state index contributed by atoms with van der Waals surface area (Å²) in [7, 11) is 0. The van der Waals surface area contributed by atoms with Crippen LogP contribution in [0.25, 0.3) is 0 Å². The van der Waals surface area contributed by atoms with Crippen LogP contribution in [0.2, 0.25) is 0 Å². The van der Waals surface area contributed by atoms with Gasteiger partial charge in [0.05, 0.1) is 19.3 Å². The number of rotatable bonds is 7. The molecule has 0 unspecified atom stereocenters. The van der Waals surface area contributed by atoms with Gasteiger partial charge in [-0.2, -0.15) is 0 Å². The van der Waals surface area contributed by atoms with Crippen molar-refractivity contribution < 1.29 is 9.47 Å². The SMILES string of the molecule is CC(C)COCCOC1CC(NC(C)(C)C)C1. The van der Waals surface area contributed by atoms with Gasteiger partial charge >= 0.3 is 0 Å². The molecule has 0 bridgehead atoms. The Morgan fingerprint density at radius 1 is 1.18 bits per heavy atom. The van der Waals surface area contributed by atoms with Crippen LogP contribution < -0.4 is 5.32 Å². The van der Waals surface area contributed by atoms with Crippen LogP contribution in [0.4, 0.5) is 0 Å². The summed E-state index contributed by atoms with van der Waals surface area (Å²) >= 11 is 0. The average Bonchev–Trinajstić information content (AvgIpc) is 2.10. The Hall–Kier alpha value is -0.120. The fourth-order valence-electron chi connectivity index (χ4n) is 2.02. The minimum absolute atomic E-state index is 0.218. The summed E-state index contributed by atoms with van der Waals surface area (Å²) in [5.74, 6) is 0.610. The second-order valence-electron chi connectivity index (χ2n) is 6.52. The zero-order chi connectivity index (χ0) is 12.9. The van der Waals surface area contributed by atoms with E-state index in [4.69, 9.17) is 9.47 Å². The molecule has 0 radical (unpaired) electrons. The standard InChI is InChI=1S/C14H29NO2/c1-11(2)10-16-6-7-17-13-8-12(9-13)15-14(3,4)5/h11-13,15H,6-10H2,1-5H3. The molecule has 102 valence electrons. The van der Waals surface area contributed by atoms with E-state index in [2.05, 4.69) is 39.9 Å². The molecule has 1 rings (SSSR count). The van der Waals surface area contributed by atoms with Crippen LogP contribution in [0, 0.1) is 5.92 Å². The normalized spacial score (nSPS) is 25.1. The first-order chi connectivity index (χ1) is 7.87. The number of ether oxygens (including phenoxy) is 2. The zero-order valence-corrected chi connectivity index (χ0v) is 12.1. The van der Waals surface area contributed by atoms with Crippen molar-refractivity contribution in [1.29, 1.82) is 0 Å². The van der Waals surface area contributed by atoms with Crippen LogP contribution in [0.3, 0.4) is 0 Å². The fraction of sp³-hybridized carbons (Fsp3) is 1.00. The van der Waals surface area contributed by atoms with E-state index in [-0.39, 0.29) is 5.54 Å². The highest BCUT2D eigenvalue weighted by atomic mass is 16.5. The van der Waals surface area contributed by atoms with Crippen molar-refractivity contribution in [3.05, 3.63) is 0 Å². The Morgan fingerprint density at radius 3 is 2.35 bits per heavy atom. The predicted molar refractivity (Wildman–Crippen MR) is 71.3 cm³/mol. The summed E-state index contributed by atoms with van der Waals surface area (Å²) in [4.78, 5) is 0. The van der Waals surface area contributed by atoms with E-state index in [0.29, 0.717) is 18.1 Å². The van der Waals surface area contributed by atoms with E-state index in [1.54, 1.807) is 0 Å². The Morgan fingerprint density at radius 2 is 1.82 bits per heavy atom. The molecule has 0 aromatic carbocycles. The Kier molecular flexibility index (Phi) is 5.90. The second kappa shape index (κ2) is 6.72. The maximum atomic E-state index is 5.74. The molecule has 1 aliphatic carbocycles. The highest BCUT2D eigenvalue weighted by molar-refractivity contribution is 4.90. The second-order valence-corrected chi connectivity index (χ2v) is 6.52. The molecule has 1 saturated carbocycles. The topological polar surface area (TPSA) is 30.5 Å². The van der Waals surface area contributed by atoms with Crippen molar-refractivity contribution in [1.82, 2.24) is 5.32 Å². The molecule has 17 heavy (non-hydrogen) atoms. The van der Waals surface area contributed by atoms with Gasteiger partial charge in [0.1, 0.15) is 0 Å². The maximum absolute atomic E-state index is 5.74. The van der Waals surface area contributed by atoms with Crippen molar-refractivity contribution in [2.45, 2.75) is 65.1 Å². The molecule has 1 aliphatic rings. The van der Waals surface area contributed by atoms with Gasteiger partial charge in [0.2, 0.25) is 0 Å². The van der Waals surface area contributed by atoms with Crippen molar-refractivity contribution in [3.8, 4) is 0 Å². The lowest BCUT2D eigenvalue weighted by Crippen LogP contribution is -2.52. The van der Waals surface area contributed by atoms with Crippen LogP contribution in [0.1, 0.15) is 47.5 Å². The molecule has 1 N–H and O–H groups in total. The molecule has 0 aliphatic heterocycles. The van der Waals surface area contributed by atoms with Gasteiger partial charge in [-0.15, -0.1) is 0 Å². The molecular weight excluding hydrogens is 214 g/mol. The molecule has 0 spiro atoms. The number of hydrogen-bond acceptors (Lipinski definition) is 3. The monoisotopic (exact) mass is 243 g/mol. The lowest BCUT2D eigenvalue weighted by Gasteiger charge is -2.40. The average molecular weight is 243 g/mol.